The fourth-order valence-corrected chi connectivity index (χ4v) is 4.07. The van der Waals surface area contributed by atoms with Gasteiger partial charge in [0.25, 0.3) is 0 Å². The van der Waals surface area contributed by atoms with Crippen LogP contribution in [0.2, 0.25) is 0 Å². The predicted octanol–water partition coefficient (Wildman–Crippen LogP) is 2.26. The van der Waals surface area contributed by atoms with Crippen LogP contribution in [0.3, 0.4) is 0 Å². The van der Waals surface area contributed by atoms with Crippen LogP contribution in [0, 0.1) is 5.82 Å². The van der Waals surface area contributed by atoms with Crippen LogP contribution >= 0.6 is 0 Å². The first-order chi connectivity index (χ1) is 12.2. The molecule has 2 fully saturated rings. The Morgan fingerprint density at radius 1 is 1.08 bits per heavy atom. The summed E-state index contributed by atoms with van der Waals surface area (Å²) in [4.78, 5) is 4.62. The molecule has 134 valence electrons. The Labute approximate surface area is 147 Å². The van der Waals surface area contributed by atoms with Gasteiger partial charge in [-0.15, -0.1) is 5.10 Å². The Kier molecular flexibility index (Phi) is 4.76. The molecule has 0 radical (unpaired) electrons. The molecule has 25 heavy (non-hydrogen) atoms. The molecule has 7 heteroatoms. The maximum Gasteiger partial charge on any atom is 0.173 e. The van der Waals surface area contributed by atoms with E-state index in [9.17, 15) is 4.39 Å². The Balaban J connectivity index is 1.73. The molecule has 1 aliphatic carbocycles. The van der Waals surface area contributed by atoms with Gasteiger partial charge in [0.15, 0.2) is 5.82 Å². The van der Waals surface area contributed by atoms with Crippen LogP contribution in [0.5, 0.6) is 0 Å². The van der Waals surface area contributed by atoms with Gasteiger partial charge in [-0.3, -0.25) is 4.90 Å². The number of aromatic nitrogens is 4. The molecule has 1 aromatic heterocycles. The number of benzene rings is 1. The molecule has 1 saturated carbocycles. The molecule has 0 N–H and O–H groups in total. The van der Waals surface area contributed by atoms with Gasteiger partial charge in [-0.05, 0) is 36.4 Å². The van der Waals surface area contributed by atoms with E-state index in [0.717, 1.165) is 44.8 Å². The van der Waals surface area contributed by atoms with E-state index in [1.54, 1.807) is 6.07 Å². The summed E-state index contributed by atoms with van der Waals surface area (Å²) in [5.74, 6) is 0.592. The maximum absolute atomic E-state index is 14.7. The average molecular weight is 344 g/mol. The van der Waals surface area contributed by atoms with Crippen molar-refractivity contribution in [1.29, 1.82) is 0 Å². The predicted molar refractivity (Wildman–Crippen MR) is 92.6 cm³/mol. The minimum atomic E-state index is -0.231. The van der Waals surface area contributed by atoms with Crippen LogP contribution < -0.4 is 0 Å². The van der Waals surface area contributed by atoms with Gasteiger partial charge in [-0.25, -0.2) is 9.07 Å². The third-order valence-corrected chi connectivity index (χ3v) is 5.54. The highest BCUT2D eigenvalue weighted by atomic mass is 19.1. The van der Waals surface area contributed by atoms with E-state index in [1.807, 2.05) is 16.8 Å². The molecule has 4 rings (SSSR count). The van der Waals surface area contributed by atoms with Crippen molar-refractivity contribution in [2.24, 2.45) is 0 Å². The van der Waals surface area contributed by atoms with Crippen LogP contribution in [0.1, 0.15) is 49.2 Å². The highest BCUT2D eigenvalue weighted by Gasteiger charge is 2.33. The fraction of sp³-hybridized carbons (Fsp3) is 0.611. The topological polar surface area (TPSA) is 50.1 Å². The second kappa shape index (κ2) is 7.17. The summed E-state index contributed by atoms with van der Waals surface area (Å²) < 4.78 is 16.6. The largest absolute Gasteiger partial charge is 0.304 e. The standard InChI is InChI=1S/C18H25FN6/c1-23-10-12-24(13-11-23)17(15-8-4-5-9-16(15)19)18-20-21-22-25(18)14-6-2-3-7-14/h4-5,8-9,14,17H,2-3,6-7,10-13H2,1H3/t17-/m0/s1. The van der Waals surface area contributed by atoms with E-state index >= 15 is 0 Å². The molecule has 2 heterocycles. The molecule has 2 aliphatic rings. The lowest BCUT2D eigenvalue weighted by Gasteiger charge is -2.37. The Morgan fingerprint density at radius 2 is 1.80 bits per heavy atom. The van der Waals surface area contributed by atoms with Crippen LogP contribution in [0.25, 0.3) is 0 Å². The molecule has 0 bridgehead atoms. The molecule has 1 aliphatic heterocycles. The number of nitrogens with zero attached hydrogens (tertiary/aromatic N) is 6. The van der Waals surface area contributed by atoms with Gasteiger partial charge in [0, 0.05) is 31.7 Å². The van der Waals surface area contributed by atoms with Crippen molar-refractivity contribution in [3.63, 3.8) is 0 Å². The number of halogens is 1. The molecule has 1 aromatic carbocycles. The lowest BCUT2D eigenvalue weighted by Crippen LogP contribution is -2.47. The number of likely N-dealkylation sites (N-methyl/N-ethyl adjacent to an activating group) is 1. The van der Waals surface area contributed by atoms with E-state index in [0.29, 0.717) is 11.6 Å². The smallest absolute Gasteiger partial charge is 0.173 e. The van der Waals surface area contributed by atoms with Gasteiger partial charge in [-0.2, -0.15) is 0 Å². The van der Waals surface area contributed by atoms with Gasteiger partial charge in [0.05, 0.1) is 6.04 Å². The van der Waals surface area contributed by atoms with E-state index in [2.05, 4.69) is 32.4 Å². The maximum atomic E-state index is 14.7. The van der Waals surface area contributed by atoms with Crippen molar-refractivity contribution < 1.29 is 4.39 Å². The van der Waals surface area contributed by atoms with E-state index in [1.165, 1.54) is 18.9 Å². The zero-order valence-corrected chi connectivity index (χ0v) is 14.7. The van der Waals surface area contributed by atoms with Gasteiger partial charge >= 0.3 is 0 Å². The first kappa shape index (κ1) is 16.6. The molecule has 1 saturated heterocycles. The SMILES string of the molecule is CN1CCN([C@@H](c2ccccc2F)c2nnnn2C2CCCC2)CC1. The molecule has 2 aromatic rings. The summed E-state index contributed by atoms with van der Waals surface area (Å²) in [6, 6.07) is 7.14. The summed E-state index contributed by atoms with van der Waals surface area (Å²) in [5, 5.41) is 12.6. The van der Waals surface area contributed by atoms with Gasteiger partial charge < -0.3 is 4.90 Å². The van der Waals surface area contributed by atoms with Crippen LogP contribution in [0.4, 0.5) is 4.39 Å². The summed E-state index contributed by atoms with van der Waals surface area (Å²) >= 11 is 0. The van der Waals surface area contributed by atoms with Crippen LogP contribution in [-0.2, 0) is 0 Å². The Bertz CT molecular complexity index is 703. The van der Waals surface area contributed by atoms with Crippen molar-refractivity contribution in [2.45, 2.75) is 37.8 Å². The molecular formula is C18H25FN6. The Morgan fingerprint density at radius 3 is 2.52 bits per heavy atom. The average Bonchev–Trinajstić information content (AvgIpc) is 3.30. The van der Waals surface area contributed by atoms with Crippen molar-refractivity contribution in [2.75, 3.05) is 33.2 Å². The van der Waals surface area contributed by atoms with Crippen molar-refractivity contribution in [1.82, 2.24) is 30.0 Å². The second-order valence-corrected chi connectivity index (χ2v) is 7.18. The summed E-state index contributed by atoms with van der Waals surface area (Å²) in [5.41, 5.74) is 0.668. The minimum Gasteiger partial charge on any atom is -0.304 e. The molecule has 0 amide bonds. The first-order valence-corrected chi connectivity index (χ1v) is 9.19. The van der Waals surface area contributed by atoms with Crippen LogP contribution in [-0.4, -0.2) is 63.2 Å². The zero-order chi connectivity index (χ0) is 17.2. The first-order valence-electron chi connectivity index (χ1n) is 9.19. The lowest BCUT2D eigenvalue weighted by atomic mass is 10.0. The highest BCUT2D eigenvalue weighted by molar-refractivity contribution is 5.27. The lowest BCUT2D eigenvalue weighted by molar-refractivity contribution is 0.119. The molecular weight excluding hydrogens is 319 g/mol. The number of tetrazole rings is 1. The monoisotopic (exact) mass is 344 g/mol. The quantitative estimate of drug-likeness (QED) is 0.852. The number of hydrogen-bond donors (Lipinski definition) is 0. The van der Waals surface area contributed by atoms with Crippen molar-refractivity contribution >= 4 is 0 Å². The summed E-state index contributed by atoms with van der Waals surface area (Å²) in [6.45, 7) is 3.70. The molecule has 1 atom stereocenters. The molecule has 0 spiro atoms. The fourth-order valence-electron chi connectivity index (χ4n) is 4.07. The Hall–Kier alpha value is -1.86. The number of hydrogen-bond acceptors (Lipinski definition) is 5. The van der Waals surface area contributed by atoms with Gasteiger partial charge in [0.2, 0.25) is 0 Å². The normalized spacial score (nSPS) is 21.7. The third-order valence-electron chi connectivity index (χ3n) is 5.54. The van der Waals surface area contributed by atoms with Crippen molar-refractivity contribution in [3.8, 4) is 0 Å². The zero-order valence-electron chi connectivity index (χ0n) is 14.7. The van der Waals surface area contributed by atoms with Gasteiger partial charge in [0.1, 0.15) is 11.9 Å². The molecule has 0 unspecified atom stereocenters. The third kappa shape index (κ3) is 3.30. The van der Waals surface area contributed by atoms with Crippen molar-refractivity contribution in [3.05, 3.63) is 41.5 Å². The number of piperazine rings is 1. The van der Waals surface area contributed by atoms with E-state index < -0.39 is 0 Å². The second-order valence-electron chi connectivity index (χ2n) is 7.18. The minimum absolute atomic E-state index is 0.188. The highest BCUT2D eigenvalue weighted by Crippen LogP contribution is 2.35. The molecule has 6 nitrogen and oxygen atoms in total. The summed E-state index contributed by atoms with van der Waals surface area (Å²) in [7, 11) is 2.12. The summed E-state index contributed by atoms with van der Waals surface area (Å²) in [6.07, 6.45) is 4.63. The van der Waals surface area contributed by atoms with E-state index in [4.69, 9.17) is 0 Å². The van der Waals surface area contributed by atoms with Crippen LogP contribution in [0.15, 0.2) is 24.3 Å². The number of rotatable bonds is 4. The van der Waals surface area contributed by atoms with Gasteiger partial charge in [-0.1, -0.05) is 31.0 Å². The van der Waals surface area contributed by atoms with E-state index in [-0.39, 0.29) is 11.9 Å².